The number of carbonyl (C=O) groups excluding carboxylic acids is 2. The largest absolute Gasteiger partial charge is 0.396 e. The first kappa shape index (κ1) is 18.7. The number of aliphatic hydroxyl groups is 1. The molecule has 0 unspecified atom stereocenters. The van der Waals surface area contributed by atoms with E-state index >= 15 is 0 Å². The molecule has 2 aliphatic heterocycles. The third-order valence-electron chi connectivity index (χ3n) is 5.52. The van der Waals surface area contributed by atoms with Gasteiger partial charge in [0, 0.05) is 45.2 Å². The second kappa shape index (κ2) is 9.03. The van der Waals surface area contributed by atoms with Gasteiger partial charge in [-0.15, -0.1) is 0 Å². The van der Waals surface area contributed by atoms with E-state index in [1.54, 1.807) is 0 Å². The van der Waals surface area contributed by atoms with Crippen LogP contribution in [0.4, 0.5) is 4.79 Å². The first-order valence-electron chi connectivity index (χ1n) is 9.66. The van der Waals surface area contributed by atoms with Crippen molar-refractivity contribution >= 4 is 11.9 Å². The Labute approximate surface area is 155 Å². The number of piperidine rings is 2. The Hall–Kier alpha value is -2.08. The molecular weight excluding hydrogens is 330 g/mol. The Morgan fingerprint density at radius 1 is 1.23 bits per heavy atom. The molecule has 142 valence electrons. The molecule has 3 rings (SSSR count). The van der Waals surface area contributed by atoms with Crippen LogP contribution in [0.1, 0.15) is 31.2 Å². The smallest absolute Gasteiger partial charge is 0.317 e. The number of benzene rings is 1. The molecule has 2 aliphatic rings. The highest BCUT2D eigenvalue weighted by Gasteiger charge is 2.39. The van der Waals surface area contributed by atoms with Crippen molar-refractivity contribution in [1.29, 1.82) is 0 Å². The fourth-order valence-corrected chi connectivity index (χ4v) is 4.14. The van der Waals surface area contributed by atoms with Crippen molar-refractivity contribution < 1.29 is 14.7 Å². The first-order chi connectivity index (χ1) is 12.7. The minimum absolute atomic E-state index is 0.00168. The van der Waals surface area contributed by atoms with Crippen LogP contribution in [0.15, 0.2) is 30.3 Å². The summed E-state index contributed by atoms with van der Waals surface area (Å²) < 4.78 is 0. The quantitative estimate of drug-likeness (QED) is 0.811. The maximum Gasteiger partial charge on any atom is 0.317 e. The number of aliphatic hydroxyl groups excluding tert-OH is 1. The average molecular weight is 359 g/mol. The molecule has 26 heavy (non-hydrogen) atoms. The molecule has 1 aromatic rings. The Balaban J connectivity index is 1.48. The number of urea groups is 1. The minimum atomic E-state index is -0.00168. The first-order valence-corrected chi connectivity index (χ1v) is 9.66. The molecule has 2 saturated heterocycles. The van der Waals surface area contributed by atoms with Gasteiger partial charge in [0.1, 0.15) is 0 Å². The highest BCUT2D eigenvalue weighted by atomic mass is 16.3. The van der Waals surface area contributed by atoms with Crippen molar-refractivity contribution in [1.82, 2.24) is 15.1 Å². The Kier molecular flexibility index (Phi) is 6.50. The Morgan fingerprint density at radius 2 is 2.04 bits per heavy atom. The molecule has 0 aromatic heterocycles. The second-order valence-electron chi connectivity index (χ2n) is 7.23. The minimum Gasteiger partial charge on any atom is -0.396 e. The number of carbonyl (C=O) groups is 2. The lowest BCUT2D eigenvalue weighted by Gasteiger charge is -2.47. The summed E-state index contributed by atoms with van der Waals surface area (Å²) in [6.07, 6.45) is 3.69. The van der Waals surface area contributed by atoms with Gasteiger partial charge < -0.3 is 20.2 Å². The van der Waals surface area contributed by atoms with Crippen molar-refractivity contribution in [2.75, 3.05) is 32.8 Å². The fraction of sp³-hybridized carbons (Fsp3) is 0.600. The normalized spacial score (nSPS) is 22.9. The molecule has 6 heteroatoms. The van der Waals surface area contributed by atoms with Crippen LogP contribution in [0, 0.1) is 5.92 Å². The van der Waals surface area contributed by atoms with Gasteiger partial charge in [-0.05, 0) is 37.2 Å². The van der Waals surface area contributed by atoms with E-state index in [9.17, 15) is 9.59 Å². The van der Waals surface area contributed by atoms with Crippen LogP contribution in [0.5, 0.6) is 0 Å². The maximum absolute atomic E-state index is 12.5. The van der Waals surface area contributed by atoms with E-state index in [2.05, 4.69) is 17.4 Å². The van der Waals surface area contributed by atoms with E-state index < -0.39 is 0 Å². The van der Waals surface area contributed by atoms with Gasteiger partial charge in [-0.1, -0.05) is 30.3 Å². The van der Waals surface area contributed by atoms with Crippen LogP contribution >= 0.6 is 0 Å². The van der Waals surface area contributed by atoms with E-state index in [4.69, 9.17) is 5.11 Å². The third kappa shape index (κ3) is 4.55. The van der Waals surface area contributed by atoms with Crippen molar-refractivity contribution in [3.63, 3.8) is 0 Å². The summed E-state index contributed by atoms with van der Waals surface area (Å²) in [6.45, 7) is 2.76. The molecule has 0 aliphatic carbocycles. The van der Waals surface area contributed by atoms with E-state index in [1.807, 2.05) is 28.0 Å². The van der Waals surface area contributed by atoms with Gasteiger partial charge in [-0.2, -0.15) is 0 Å². The van der Waals surface area contributed by atoms with Crippen molar-refractivity contribution in [2.24, 2.45) is 5.92 Å². The number of hydrogen-bond acceptors (Lipinski definition) is 3. The van der Waals surface area contributed by atoms with Crippen LogP contribution < -0.4 is 5.32 Å². The van der Waals surface area contributed by atoms with Crippen LogP contribution in [0.3, 0.4) is 0 Å². The third-order valence-corrected chi connectivity index (χ3v) is 5.52. The van der Waals surface area contributed by atoms with Gasteiger partial charge in [-0.25, -0.2) is 4.79 Å². The summed E-state index contributed by atoms with van der Waals surface area (Å²) >= 11 is 0. The molecular formula is C20H29N3O3. The number of fused-ring (bicyclic) bond motifs is 1. The predicted molar refractivity (Wildman–Crippen MR) is 99.7 cm³/mol. The number of amides is 3. The van der Waals surface area contributed by atoms with Gasteiger partial charge in [0.2, 0.25) is 5.91 Å². The molecule has 0 radical (unpaired) electrons. The predicted octanol–water partition coefficient (Wildman–Crippen LogP) is 1.63. The zero-order valence-corrected chi connectivity index (χ0v) is 15.3. The summed E-state index contributed by atoms with van der Waals surface area (Å²) in [7, 11) is 0. The lowest BCUT2D eigenvalue weighted by atomic mass is 9.83. The monoisotopic (exact) mass is 359 g/mol. The maximum atomic E-state index is 12.5. The number of rotatable bonds is 6. The molecule has 2 atom stereocenters. The number of nitrogens with zero attached hydrogens (tertiary/aromatic N) is 2. The van der Waals surface area contributed by atoms with E-state index in [0.29, 0.717) is 44.9 Å². The number of nitrogens with one attached hydrogen (secondary N) is 1. The molecule has 2 heterocycles. The molecule has 2 N–H and O–H groups in total. The summed E-state index contributed by atoms with van der Waals surface area (Å²) in [5.41, 5.74) is 1.22. The molecule has 6 nitrogen and oxygen atoms in total. The van der Waals surface area contributed by atoms with Gasteiger partial charge in [0.15, 0.2) is 0 Å². The molecule has 2 fully saturated rings. The highest BCUT2D eigenvalue weighted by Crippen LogP contribution is 2.31. The number of likely N-dealkylation sites (tertiary alicyclic amines) is 2. The van der Waals surface area contributed by atoms with Crippen LogP contribution in [0.2, 0.25) is 0 Å². The summed E-state index contributed by atoms with van der Waals surface area (Å²) in [5.74, 6) is 0.542. The van der Waals surface area contributed by atoms with Crippen molar-refractivity contribution in [2.45, 2.75) is 38.1 Å². The lowest BCUT2D eigenvalue weighted by molar-refractivity contribution is -0.140. The summed E-state index contributed by atoms with van der Waals surface area (Å²) in [4.78, 5) is 28.5. The molecule has 3 amide bonds. The van der Waals surface area contributed by atoms with Gasteiger partial charge in [-0.3, -0.25) is 4.79 Å². The van der Waals surface area contributed by atoms with E-state index in [-0.39, 0.29) is 24.6 Å². The highest BCUT2D eigenvalue weighted by molar-refractivity contribution is 5.78. The Bertz CT molecular complexity index is 608. The fourth-order valence-electron chi connectivity index (χ4n) is 4.14. The zero-order chi connectivity index (χ0) is 18.4. The lowest BCUT2D eigenvalue weighted by Crippen LogP contribution is -2.58. The van der Waals surface area contributed by atoms with Gasteiger partial charge >= 0.3 is 6.03 Å². The van der Waals surface area contributed by atoms with Crippen LogP contribution in [-0.4, -0.2) is 65.7 Å². The van der Waals surface area contributed by atoms with Gasteiger partial charge in [0.05, 0.1) is 0 Å². The molecule has 0 bridgehead atoms. The van der Waals surface area contributed by atoms with Crippen LogP contribution in [0.25, 0.3) is 0 Å². The number of hydrogen-bond donors (Lipinski definition) is 2. The van der Waals surface area contributed by atoms with Gasteiger partial charge in [0.25, 0.3) is 0 Å². The topological polar surface area (TPSA) is 72.9 Å². The molecule has 0 saturated carbocycles. The standard InChI is InChI=1S/C20H29N3O3/c24-14-4-12-23-18-10-13-22(15-17(18)7-8-19(23)25)20(26)21-11-9-16-5-2-1-3-6-16/h1-3,5-6,17-18,24H,4,7-15H2,(H,21,26)/t17-,18+/m0/s1. The van der Waals surface area contributed by atoms with E-state index in [1.165, 1.54) is 5.56 Å². The average Bonchev–Trinajstić information content (AvgIpc) is 2.67. The molecule has 0 spiro atoms. The van der Waals surface area contributed by atoms with Crippen molar-refractivity contribution in [3.05, 3.63) is 35.9 Å². The Morgan fingerprint density at radius 3 is 2.81 bits per heavy atom. The summed E-state index contributed by atoms with van der Waals surface area (Å²) in [6, 6.07) is 10.4. The zero-order valence-electron chi connectivity index (χ0n) is 15.3. The SMILES string of the molecule is O=C(NCCc1ccccc1)N1CC[C@@H]2[C@@H](CCC(=O)N2CCCO)C1. The van der Waals surface area contributed by atoms with Crippen LogP contribution in [-0.2, 0) is 11.2 Å². The van der Waals surface area contributed by atoms with E-state index in [0.717, 1.165) is 19.3 Å². The van der Waals surface area contributed by atoms with Crippen molar-refractivity contribution in [3.8, 4) is 0 Å². The molecule has 1 aromatic carbocycles. The second-order valence-corrected chi connectivity index (χ2v) is 7.23. The summed E-state index contributed by atoms with van der Waals surface area (Å²) in [5, 5.41) is 12.1.